The highest BCUT2D eigenvalue weighted by Gasteiger charge is 2.27. The first-order valence-electron chi connectivity index (χ1n) is 9.47. The van der Waals surface area contributed by atoms with Crippen LogP contribution in [0, 0.1) is 5.82 Å². The first-order valence-corrected chi connectivity index (χ1v) is 11.7. The van der Waals surface area contributed by atoms with Crippen LogP contribution >= 0.6 is 23.2 Å². The molecule has 3 aromatic carbocycles. The number of amides is 1. The van der Waals surface area contributed by atoms with Crippen molar-refractivity contribution in [2.45, 2.75) is 11.8 Å². The highest BCUT2D eigenvalue weighted by molar-refractivity contribution is 7.92. The second-order valence-electron chi connectivity index (χ2n) is 6.54. The van der Waals surface area contributed by atoms with Crippen LogP contribution in [0.1, 0.15) is 6.92 Å². The molecule has 0 fully saturated rings. The maximum atomic E-state index is 13.3. The van der Waals surface area contributed by atoms with Gasteiger partial charge in [-0.25, -0.2) is 12.8 Å². The van der Waals surface area contributed by atoms with E-state index >= 15 is 0 Å². The number of nitrogens with zero attached hydrogens (tertiary/aromatic N) is 1. The van der Waals surface area contributed by atoms with Crippen molar-refractivity contribution in [3.63, 3.8) is 0 Å². The SMILES string of the molecule is CCOc1ccc(N(CC(=O)Nc2cccc(Cl)c2Cl)S(=O)(=O)c2ccc(F)cc2)cc1. The first kappa shape index (κ1) is 23.8. The lowest BCUT2D eigenvalue weighted by Gasteiger charge is -2.24. The molecule has 0 aliphatic carbocycles. The van der Waals surface area contributed by atoms with Crippen molar-refractivity contribution in [1.29, 1.82) is 0 Å². The van der Waals surface area contributed by atoms with Crippen molar-refractivity contribution >= 4 is 50.5 Å². The molecule has 1 N–H and O–H groups in total. The van der Waals surface area contributed by atoms with Crippen LogP contribution in [-0.4, -0.2) is 27.5 Å². The molecule has 0 aliphatic rings. The van der Waals surface area contributed by atoms with Crippen molar-refractivity contribution in [3.05, 3.63) is 82.6 Å². The van der Waals surface area contributed by atoms with Crippen LogP contribution in [0.3, 0.4) is 0 Å². The summed E-state index contributed by atoms with van der Waals surface area (Å²) in [6.45, 7) is 1.71. The average Bonchev–Trinajstić information content (AvgIpc) is 2.76. The summed E-state index contributed by atoms with van der Waals surface area (Å²) in [5, 5.41) is 2.95. The van der Waals surface area contributed by atoms with Crippen molar-refractivity contribution in [2.75, 3.05) is 22.8 Å². The molecular formula is C22H19Cl2FN2O4S. The number of benzene rings is 3. The predicted octanol–water partition coefficient (Wildman–Crippen LogP) is 5.37. The summed E-state index contributed by atoms with van der Waals surface area (Å²) >= 11 is 12.1. The van der Waals surface area contributed by atoms with Crippen molar-refractivity contribution < 1.29 is 22.3 Å². The number of nitrogens with one attached hydrogen (secondary N) is 1. The summed E-state index contributed by atoms with van der Waals surface area (Å²) in [5.41, 5.74) is 0.472. The standard InChI is InChI=1S/C22H19Cl2FN2O4S/c1-2-31-17-10-8-16(9-11-17)27(32(29,30)18-12-6-15(25)7-13-18)14-21(28)26-20-5-3-4-19(23)22(20)24/h3-13H,2,14H2,1H3,(H,26,28). The molecule has 0 aromatic heterocycles. The van der Waals surface area contributed by atoms with Gasteiger partial charge < -0.3 is 10.1 Å². The largest absolute Gasteiger partial charge is 0.494 e. The van der Waals surface area contributed by atoms with Gasteiger partial charge in [0.15, 0.2) is 0 Å². The lowest BCUT2D eigenvalue weighted by Crippen LogP contribution is -2.38. The highest BCUT2D eigenvalue weighted by Crippen LogP contribution is 2.30. The Bertz CT molecular complexity index is 1200. The Kier molecular flexibility index (Phi) is 7.60. The second-order valence-corrected chi connectivity index (χ2v) is 9.19. The van der Waals surface area contributed by atoms with E-state index in [4.69, 9.17) is 27.9 Å². The zero-order valence-corrected chi connectivity index (χ0v) is 19.2. The third-order valence-corrected chi connectivity index (χ3v) is 6.96. The zero-order valence-electron chi connectivity index (χ0n) is 16.9. The number of ether oxygens (including phenoxy) is 1. The number of carbonyl (C=O) groups excluding carboxylic acids is 1. The number of rotatable bonds is 8. The van der Waals surface area contributed by atoms with Crippen molar-refractivity contribution in [1.82, 2.24) is 0 Å². The lowest BCUT2D eigenvalue weighted by molar-refractivity contribution is -0.114. The van der Waals surface area contributed by atoms with Gasteiger partial charge in [0.05, 0.1) is 32.9 Å². The van der Waals surface area contributed by atoms with E-state index in [1.54, 1.807) is 30.3 Å². The number of carbonyl (C=O) groups is 1. The van der Waals surface area contributed by atoms with Gasteiger partial charge in [-0.2, -0.15) is 0 Å². The van der Waals surface area contributed by atoms with E-state index in [1.807, 2.05) is 6.92 Å². The molecule has 0 atom stereocenters. The van der Waals surface area contributed by atoms with Gasteiger partial charge in [-0.3, -0.25) is 9.10 Å². The molecule has 0 saturated carbocycles. The fourth-order valence-corrected chi connectivity index (χ4v) is 4.61. The molecule has 3 aromatic rings. The molecule has 0 radical (unpaired) electrons. The Morgan fingerprint density at radius 3 is 2.31 bits per heavy atom. The van der Waals surface area contributed by atoms with Gasteiger partial charge in [-0.15, -0.1) is 0 Å². The maximum Gasteiger partial charge on any atom is 0.264 e. The predicted molar refractivity (Wildman–Crippen MR) is 124 cm³/mol. The fraction of sp³-hybridized carbons (Fsp3) is 0.136. The van der Waals surface area contributed by atoms with E-state index in [0.717, 1.165) is 28.6 Å². The molecule has 1 amide bonds. The number of sulfonamides is 1. The molecule has 168 valence electrons. The highest BCUT2D eigenvalue weighted by atomic mass is 35.5. The van der Waals surface area contributed by atoms with Crippen LogP contribution < -0.4 is 14.4 Å². The monoisotopic (exact) mass is 496 g/mol. The summed E-state index contributed by atoms with van der Waals surface area (Å²) < 4.78 is 46.3. The molecule has 0 heterocycles. The third kappa shape index (κ3) is 5.51. The summed E-state index contributed by atoms with van der Waals surface area (Å²) in [7, 11) is -4.20. The van der Waals surface area contributed by atoms with Crippen molar-refractivity contribution in [2.24, 2.45) is 0 Å². The third-order valence-electron chi connectivity index (χ3n) is 4.35. The minimum atomic E-state index is -4.20. The molecule has 3 rings (SSSR count). The Labute approximate surface area is 195 Å². The van der Waals surface area contributed by atoms with E-state index in [9.17, 15) is 17.6 Å². The minimum Gasteiger partial charge on any atom is -0.494 e. The number of hydrogen-bond acceptors (Lipinski definition) is 4. The Balaban J connectivity index is 1.95. The summed E-state index contributed by atoms with van der Waals surface area (Å²) in [4.78, 5) is 12.6. The molecule has 0 aliphatic heterocycles. The number of anilines is 2. The lowest BCUT2D eigenvalue weighted by atomic mass is 10.3. The van der Waals surface area contributed by atoms with Crippen LogP contribution in [0.15, 0.2) is 71.6 Å². The molecule has 32 heavy (non-hydrogen) atoms. The molecule has 0 spiro atoms. The van der Waals surface area contributed by atoms with Crippen LogP contribution in [0.4, 0.5) is 15.8 Å². The van der Waals surface area contributed by atoms with Crippen LogP contribution in [0.2, 0.25) is 10.0 Å². The van der Waals surface area contributed by atoms with Gasteiger partial charge in [0, 0.05) is 0 Å². The molecule has 0 unspecified atom stereocenters. The molecular weight excluding hydrogens is 478 g/mol. The topological polar surface area (TPSA) is 75.7 Å². The number of halogens is 3. The fourth-order valence-electron chi connectivity index (χ4n) is 2.84. The summed E-state index contributed by atoms with van der Waals surface area (Å²) in [5.74, 6) is -0.677. The van der Waals surface area contributed by atoms with Gasteiger partial charge in [0.1, 0.15) is 18.1 Å². The minimum absolute atomic E-state index is 0.136. The normalized spacial score (nSPS) is 11.1. The number of hydrogen-bond donors (Lipinski definition) is 1. The average molecular weight is 497 g/mol. The smallest absolute Gasteiger partial charge is 0.264 e. The molecule has 0 saturated heterocycles. The van der Waals surface area contributed by atoms with Gasteiger partial charge in [0.2, 0.25) is 5.91 Å². The van der Waals surface area contributed by atoms with Gasteiger partial charge in [0.25, 0.3) is 10.0 Å². The Morgan fingerprint density at radius 1 is 1.03 bits per heavy atom. The van der Waals surface area contributed by atoms with Gasteiger partial charge in [-0.1, -0.05) is 29.3 Å². The zero-order chi connectivity index (χ0) is 23.3. The van der Waals surface area contributed by atoms with E-state index in [1.165, 1.54) is 12.1 Å². The molecule has 10 heteroatoms. The maximum absolute atomic E-state index is 13.3. The van der Waals surface area contributed by atoms with Crippen molar-refractivity contribution in [3.8, 4) is 5.75 Å². The summed E-state index contributed by atoms with van der Waals surface area (Å²) in [6.07, 6.45) is 0. The quantitative estimate of drug-likeness (QED) is 0.455. The van der Waals surface area contributed by atoms with Crippen LogP contribution in [-0.2, 0) is 14.8 Å². The van der Waals surface area contributed by atoms with Crippen LogP contribution in [0.25, 0.3) is 0 Å². The molecule has 0 bridgehead atoms. The van der Waals surface area contributed by atoms with E-state index in [2.05, 4.69) is 5.32 Å². The first-order chi connectivity index (χ1) is 15.2. The van der Waals surface area contributed by atoms with E-state index < -0.39 is 28.3 Å². The Morgan fingerprint density at radius 2 is 1.69 bits per heavy atom. The van der Waals surface area contributed by atoms with Gasteiger partial charge in [-0.05, 0) is 67.6 Å². The van der Waals surface area contributed by atoms with Crippen LogP contribution in [0.5, 0.6) is 5.75 Å². The van der Waals surface area contributed by atoms with E-state index in [-0.39, 0.29) is 26.3 Å². The molecule has 6 nitrogen and oxygen atoms in total. The Hall–Kier alpha value is -2.81. The summed E-state index contributed by atoms with van der Waals surface area (Å²) in [6, 6.07) is 15.3. The van der Waals surface area contributed by atoms with E-state index in [0.29, 0.717) is 12.4 Å². The second kappa shape index (κ2) is 10.2. The van der Waals surface area contributed by atoms with Gasteiger partial charge >= 0.3 is 0 Å².